The van der Waals surface area contributed by atoms with Gasteiger partial charge < -0.3 is 10.2 Å². The predicted octanol–water partition coefficient (Wildman–Crippen LogP) is 2.57. The fourth-order valence-electron chi connectivity index (χ4n) is 1.90. The molecule has 1 aliphatic rings. The lowest BCUT2D eigenvalue weighted by Gasteiger charge is -2.20. The normalized spacial score (nSPS) is 22.2. The number of nitrogens with zero attached hydrogens (tertiary/aromatic N) is 1. The molecule has 0 saturated carbocycles. The van der Waals surface area contributed by atoms with Gasteiger partial charge in [-0.25, -0.2) is 4.79 Å². The number of hydrogen-bond acceptors (Lipinski definition) is 2. The lowest BCUT2D eigenvalue weighted by atomic mass is 10.2. The number of amides is 2. The molecule has 4 heteroatoms. The van der Waals surface area contributed by atoms with Crippen molar-refractivity contribution < 1.29 is 4.79 Å². The van der Waals surface area contributed by atoms with Crippen LogP contribution in [0.4, 0.5) is 4.79 Å². The second kappa shape index (κ2) is 7.05. The number of carbonyl (C=O) groups is 1. The molecule has 1 heterocycles. The van der Waals surface area contributed by atoms with Gasteiger partial charge in [-0.05, 0) is 37.2 Å². The van der Waals surface area contributed by atoms with Crippen molar-refractivity contribution in [2.24, 2.45) is 5.92 Å². The summed E-state index contributed by atoms with van der Waals surface area (Å²) in [5.41, 5.74) is 0. The van der Waals surface area contributed by atoms with Crippen LogP contribution in [0.15, 0.2) is 0 Å². The van der Waals surface area contributed by atoms with Gasteiger partial charge >= 0.3 is 6.03 Å². The minimum atomic E-state index is 0.123. The highest BCUT2D eigenvalue weighted by molar-refractivity contribution is 7.99. The Labute approximate surface area is 103 Å². The molecule has 1 N–H and O–H groups in total. The zero-order chi connectivity index (χ0) is 12.0. The third-order valence-electron chi connectivity index (χ3n) is 2.98. The second-order valence-corrected chi connectivity index (χ2v) is 6.07. The highest BCUT2D eigenvalue weighted by Gasteiger charge is 2.23. The van der Waals surface area contributed by atoms with E-state index in [-0.39, 0.29) is 6.03 Å². The summed E-state index contributed by atoms with van der Waals surface area (Å²) < 4.78 is 0. The van der Waals surface area contributed by atoms with Gasteiger partial charge in [-0.1, -0.05) is 13.8 Å². The number of nitrogens with one attached hydrogen (secondary N) is 1. The first kappa shape index (κ1) is 13.7. The average molecular weight is 244 g/mol. The first-order chi connectivity index (χ1) is 7.63. The molecule has 16 heavy (non-hydrogen) atoms. The largest absolute Gasteiger partial charge is 0.336 e. The van der Waals surface area contributed by atoms with Crippen LogP contribution in [0.2, 0.25) is 0 Å². The lowest BCUT2D eigenvalue weighted by molar-refractivity contribution is 0.203. The van der Waals surface area contributed by atoms with E-state index in [0.29, 0.717) is 12.0 Å². The fraction of sp³-hybridized carbons (Fsp3) is 0.917. The van der Waals surface area contributed by atoms with E-state index < -0.39 is 0 Å². The summed E-state index contributed by atoms with van der Waals surface area (Å²) >= 11 is 1.93. The standard InChI is InChI=1S/C12H24N2OS/c1-4-16-8-6-11(3)13-12(15)14-7-5-10(2)9-14/h10-11H,4-9H2,1-3H3,(H,13,15)/t10-,11-/m0/s1. The van der Waals surface area contributed by atoms with Gasteiger partial charge in [0.2, 0.25) is 0 Å². The summed E-state index contributed by atoms with van der Waals surface area (Å²) in [4.78, 5) is 13.8. The van der Waals surface area contributed by atoms with Crippen LogP contribution in [-0.2, 0) is 0 Å². The Hall–Kier alpha value is -0.380. The molecule has 94 valence electrons. The smallest absolute Gasteiger partial charge is 0.317 e. The van der Waals surface area contributed by atoms with Gasteiger partial charge in [0.15, 0.2) is 0 Å². The molecule has 0 aromatic carbocycles. The molecule has 1 rings (SSSR count). The summed E-state index contributed by atoms with van der Waals surface area (Å²) in [6.07, 6.45) is 2.21. The van der Waals surface area contributed by atoms with E-state index in [9.17, 15) is 4.79 Å². The van der Waals surface area contributed by atoms with Crippen molar-refractivity contribution in [2.75, 3.05) is 24.6 Å². The number of carbonyl (C=O) groups excluding carboxylic acids is 1. The van der Waals surface area contributed by atoms with Crippen LogP contribution in [0.5, 0.6) is 0 Å². The molecular weight excluding hydrogens is 220 g/mol. The molecule has 0 radical (unpaired) electrons. The van der Waals surface area contributed by atoms with Crippen molar-refractivity contribution in [1.29, 1.82) is 0 Å². The molecule has 1 saturated heterocycles. The van der Waals surface area contributed by atoms with E-state index >= 15 is 0 Å². The third kappa shape index (κ3) is 4.64. The van der Waals surface area contributed by atoms with E-state index in [1.165, 1.54) is 0 Å². The van der Waals surface area contributed by atoms with Gasteiger partial charge in [-0.2, -0.15) is 11.8 Å². The van der Waals surface area contributed by atoms with Crippen molar-refractivity contribution in [3.05, 3.63) is 0 Å². The van der Waals surface area contributed by atoms with E-state index in [1.54, 1.807) is 0 Å². The Morgan fingerprint density at radius 3 is 2.94 bits per heavy atom. The maximum Gasteiger partial charge on any atom is 0.317 e. The highest BCUT2D eigenvalue weighted by atomic mass is 32.2. The molecule has 0 aromatic heterocycles. The van der Waals surface area contributed by atoms with E-state index in [4.69, 9.17) is 0 Å². The zero-order valence-corrected chi connectivity index (χ0v) is 11.5. The molecule has 0 aliphatic carbocycles. The zero-order valence-electron chi connectivity index (χ0n) is 10.7. The minimum Gasteiger partial charge on any atom is -0.336 e. The number of thioether (sulfide) groups is 1. The summed E-state index contributed by atoms with van der Waals surface area (Å²) in [5.74, 6) is 2.95. The third-order valence-corrected chi connectivity index (χ3v) is 3.91. The van der Waals surface area contributed by atoms with Crippen LogP contribution in [0.25, 0.3) is 0 Å². The quantitative estimate of drug-likeness (QED) is 0.754. The summed E-state index contributed by atoms with van der Waals surface area (Å²) in [5, 5.41) is 3.07. The Balaban J connectivity index is 2.17. The molecule has 2 atom stereocenters. The molecule has 2 amide bonds. The first-order valence-corrected chi connectivity index (χ1v) is 7.42. The van der Waals surface area contributed by atoms with Crippen LogP contribution < -0.4 is 5.32 Å². The van der Waals surface area contributed by atoms with E-state index in [1.807, 2.05) is 16.7 Å². The van der Waals surface area contributed by atoms with Crippen molar-refractivity contribution in [2.45, 2.75) is 39.7 Å². The van der Waals surface area contributed by atoms with Crippen molar-refractivity contribution in [1.82, 2.24) is 10.2 Å². The Morgan fingerprint density at radius 1 is 1.62 bits per heavy atom. The molecule has 0 bridgehead atoms. The lowest BCUT2D eigenvalue weighted by Crippen LogP contribution is -2.42. The number of hydrogen-bond donors (Lipinski definition) is 1. The van der Waals surface area contributed by atoms with Crippen molar-refractivity contribution >= 4 is 17.8 Å². The second-order valence-electron chi connectivity index (χ2n) is 4.68. The maximum atomic E-state index is 11.8. The first-order valence-electron chi connectivity index (χ1n) is 6.26. The molecule has 3 nitrogen and oxygen atoms in total. The predicted molar refractivity (Wildman–Crippen MR) is 71.0 cm³/mol. The van der Waals surface area contributed by atoms with E-state index in [2.05, 4.69) is 26.1 Å². The molecule has 0 unspecified atom stereocenters. The van der Waals surface area contributed by atoms with Gasteiger partial charge in [0.1, 0.15) is 0 Å². The monoisotopic (exact) mass is 244 g/mol. The average Bonchev–Trinajstić information content (AvgIpc) is 2.65. The Bertz CT molecular complexity index is 223. The number of rotatable bonds is 5. The molecule has 1 fully saturated rings. The maximum absolute atomic E-state index is 11.8. The van der Waals surface area contributed by atoms with Crippen LogP contribution in [0, 0.1) is 5.92 Å². The topological polar surface area (TPSA) is 32.3 Å². The van der Waals surface area contributed by atoms with Crippen LogP contribution in [-0.4, -0.2) is 41.6 Å². The Morgan fingerprint density at radius 2 is 2.38 bits per heavy atom. The van der Waals surface area contributed by atoms with Gasteiger partial charge in [-0.15, -0.1) is 0 Å². The molecule has 1 aliphatic heterocycles. The van der Waals surface area contributed by atoms with Gasteiger partial charge in [-0.3, -0.25) is 0 Å². The fourth-order valence-corrected chi connectivity index (χ4v) is 2.71. The number of likely N-dealkylation sites (tertiary alicyclic amines) is 1. The molecule has 0 aromatic rings. The highest BCUT2D eigenvalue weighted by Crippen LogP contribution is 2.15. The van der Waals surface area contributed by atoms with Crippen LogP contribution in [0.1, 0.15) is 33.6 Å². The summed E-state index contributed by atoms with van der Waals surface area (Å²) in [6.45, 7) is 8.30. The molecule has 0 spiro atoms. The molecular formula is C12H24N2OS. The van der Waals surface area contributed by atoms with Gasteiger partial charge in [0, 0.05) is 19.1 Å². The summed E-state index contributed by atoms with van der Waals surface area (Å²) in [6, 6.07) is 0.417. The van der Waals surface area contributed by atoms with Crippen LogP contribution >= 0.6 is 11.8 Å². The van der Waals surface area contributed by atoms with E-state index in [0.717, 1.165) is 37.4 Å². The van der Waals surface area contributed by atoms with Crippen LogP contribution in [0.3, 0.4) is 0 Å². The van der Waals surface area contributed by atoms with Crippen molar-refractivity contribution in [3.8, 4) is 0 Å². The number of urea groups is 1. The van der Waals surface area contributed by atoms with Gasteiger partial charge in [0.25, 0.3) is 0 Å². The summed E-state index contributed by atoms with van der Waals surface area (Å²) in [7, 11) is 0. The Kier molecular flexibility index (Phi) is 6.03. The minimum absolute atomic E-state index is 0.123. The van der Waals surface area contributed by atoms with Crippen molar-refractivity contribution in [3.63, 3.8) is 0 Å². The SMILES string of the molecule is CCSCC[C@H](C)NC(=O)N1CC[C@H](C)C1. The van der Waals surface area contributed by atoms with Gasteiger partial charge in [0.05, 0.1) is 0 Å².